The van der Waals surface area contributed by atoms with Crippen LogP contribution in [0.15, 0.2) is 84.0 Å². The summed E-state index contributed by atoms with van der Waals surface area (Å²) in [5.74, 6) is 2.12. The summed E-state index contributed by atoms with van der Waals surface area (Å²) in [6, 6.07) is 25.5. The molecule has 0 unspecified atom stereocenters. The molecule has 4 aromatic rings. The lowest BCUT2D eigenvalue weighted by Crippen LogP contribution is -1.99. The molecule has 6 nitrogen and oxygen atoms in total. The second-order valence-corrected chi connectivity index (χ2v) is 7.07. The van der Waals surface area contributed by atoms with Crippen molar-refractivity contribution in [2.45, 2.75) is 13.5 Å². The van der Waals surface area contributed by atoms with E-state index in [1.165, 1.54) is 0 Å². The summed E-state index contributed by atoms with van der Waals surface area (Å²) in [6.07, 6.45) is 1.74. The molecule has 31 heavy (non-hydrogen) atoms. The minimum atomic E-state index is 0.403. The molecule has 7 heteroatoms. The Balaban J connectivity index is 1.51. The number of H-pyrrole nitrogens is 1. The Labute approximate surface area is 185 Å². The number of ether oxygens (including phenoxy) is 2. The molecule has 0 bridgehead atoms. The predicted octanol–water partition coefficient (Wildman–Crippen LogP) is 5.47. The molecular weight excluding hydrogens is 408 g/mol. The lowest BCUT2D eigenvalue weighted by atomic mass is 10.2. The molecular formula is C24H22N4O2S. The number of aromatic amines is 1. The van der Waals surface area contributed by atoms with Crippen molar-refractivity contribution in [3.05, 3.63) is 94.8 Å². The van der Waals surface area contributed by atoms with Crippen LogP contribution in [0.1, 0.15) is 18.1 Å². The molecule has 0 fully saturated rings. The van der Waals surface area contributed by atoms with Gasteiger partial charge in [0.25, 0.3) is 0 Å². The monoisotopic (exact) mass is 430 g/mol. The molecule has 0 radical (unpaired) electrons. The maximum Gasteiger partial charge on any atom is 0.216 e. The molecule has 0 saturated carbocycles. The zero-order valence-corrected chi connectivity index (χ0v) is 17.9. The molecule has 0 aliphatic rings. The highest BCUT2D eigenvalue weighted by Crippen LogP contribution is 2.28. The molecule has 0 aliphatic heterocycles. The highest BCUT2D eigenvalue weighted by Gasteiger charge is 2.13. The molecule has 3 aromatic carbocycles. The second-order valence-electron chi connectivity index (χ2n) is 6.68. The summed E-state index contributed by atoms with van der Waals surface area (Å²) in [4.78, 5) is 0. The van der Waals surface area contributed by atoms with Gasteiger partial charge >= 0.3 is 0 Å². The fraction of sp³-hybridized carbons (Fsp3) is 0.125. The molecule has 156 valence electrons. The van der Waals surface area contributed by atoms with Gasteiger partial charge in [0.15, 0.2) is 5.82 Å². The van der Waals surface area contributed by atoms with Crippen molar-refractivity contribution >= 4 is 18.4 Å². The highest BCUT2D eigenvalue weighted by molar-refractivity contribution is 7.71. The average molecular weight is 431 g/mol. The van der Waals surface area contributed by atoms with E-state index in [-0.39, 0.29) is 0 Å². The third-order valence-electron chi connectivity index (χ3n) is 4.53. The largest absolute Gasteiger partial charge is 0.493 e. The SMILES string of the molecule is CCOc1ccccc1-c1n[nH]c(=S)n1/N=C\c1ccc(OCc2ccccc2)cc1. The zero-order chi connectivity index (χ0) is 21.5. The first kappa shape index (κ1) is 20.6. The van der Waals surface area contributed by atoms with Gasteiger partial charge in [0.2, 0.25) is 4.77 Å². The normalized spacial score (nSPS) is 11.0. The number of benzene rings is 3. The zero-order valence-electron chi connectivity index (χ0n) is 17.1. The Morgan fingerprint density at radius 2 is 1.71 bits per heavy atom. The predicted molar refractivity (Wildman–Crippen MR) is 124 cm³/mol. The number of nitrogens with zero attached hydrogens (tertiary/aromatic N) is 3. The number of hydrogen-bond donors (Lipinski definition) is 1. The summed E-state index contributed by atoms with van der Waals surface area (Å²) in [5.41, 5.74) is 2.86. The van der Waals surface area contributed by atoms with Gasteiger partial charge in [-0.05, 0) is 66.7 Å². The minimum absolute atomic E-state index is 0.403. The number of rotatable bonds is 8. The van der Waals surface area contributed by atoms with Crippen molar-refractivity contribution in [3.63, 3.8) is 0 Å². The van der Waals surface area contributed by atoms with Gasteiger partial charge in [0.1, 0.15) is 18.1 Å². The van der Waals surface area contributed by atoms with Crippen LogP contribution in [0, 0.1) is 4.77 Å². The Bertz CT molecular complexity index is 1210. The van der Waals surface area contributed by atoms with Crippen molar-refractivity contribution in [2.24, 2.45) is 5.10 Å². The summed E-state index contributed by atoms with van der Waals surface area (Å²) >= 11 is 5.37. The first-order valence-electron chi connectivity index (χ1n) is 9.95. The van der Waals surface area contributed by atoms with E-state index < -0.39 is 0 Å². The van der Waals surface area contributed by atoms with E-state index in [9.17, 15) is 0 Å². The second kappa shape index (κ2) is 9.86. The molecule has 0 atom stereocenters. The van der Waals surface area contributed by atoms with Crippen LogP contribution in [0.25, 0.3) is 11.4 Å². The number of aromatic nitrogens is 3. The van der Waals surface area contributed by atoms with Crippen LogP contribution in [0.3, 0.4) is 0 Å². The maximum atomic E-state index is 5.83. The van der Waals surface area contributed by atoms with E-state index in [4.69, 9.17) is 21.7 Å². The van der Waals surface area contributed by atoms with E-state index in [0.717, 1.165) is 28.2 Å². The van der Waals surface area contributed by atoms with Gasteiger partial charge in [0.05, 0.1) is 18.4 Å². The quantitative estimate of drug-likeness (QED) is 0.297. The highest BCUT2D eigenvalue weighted by atomic mass is 32.1. The van der Waals surface area contributed by atoms with E-state index in [2.05, 4.69) is 15.3 Å². The number of para-hydroxylation sites is 1. The smallest absolute Gasteiger partial charge is 0.216 e. The topological polar surface area (TPSA) is 64.4 Å². The Kier molecular flexibility index (Phi) is 6.54. The van der Waals surface area contributed by atoms with Crippen molar-refractivity contribution in [1.29, 1.82) is 0 Å². The summed E-state index contributed by atoms with van der Waals surface area (Å²) in [5, 5.41) is 11.7. The third kappa shape index (κ3) is 5.07. The van der Waals surface area contributed by atoms with Crippen LogP contribution in [0.4, 0.5) is 0 Å². The molecule has 4 rings (SSSR count). The van der Waals surface area contributed by atoms with Gasteiger partial charge in [0, 0.05) is 0 Å². The van der Waals surface area contributed by atoms with Gasteiger partial charge in [-0.1, -0.05) is 42.5 Å². The fourth-order valence-corrected chi connectivity index (χ4v) is 3.20. The Morgan fingerprint density at radius 3 is 2.48 bits per heavy atom. The van der Waals surface area contributed by atoms with Crippen molar-refractivity contribution in [1.82, 2.24) is 14.9 Å². The van der Waals surface area contributed by atoms with Gasteiger partial charge in [-0.2, -0.15) is 14.9 Å². The first-order chi connectivity index (χ1) is 15.2. The van der Waals surface area contributed by atoms with Gasteiger partial charge in [-0.3, -0.25) is 0 Å². The van der Waals surface area contributed by atoms with Crippen LogP contribution in [-0.4, -0.2) is 27.7 Å². The van der Waals surface area contributed by atoms with Crippen molar-refractivity contribution < 1.29 is 9.47 Å². The molecule has 0 saturated heterocycles. The van der Waals surface area contributed by atoms with Crippen LogP contribution in [-0.2, 0) is 6.61 Å². The summed E-state index contributed by atoms with van der Waals surface area (Å²) < 4.78 is 13.5. The van der Waals surface area contributed by atoms with Crippen LogP contribution >= 0.6 is 12.2 Å². The Hall–Kier alpha value is -3.71. The minimum Gasteiger partial charge on any atom is -0.493 e. The van der Waals surface area contributed by atoms with Crippen molar-refractivity contribution in [2.75, 3.05) is 6.61 Å². The standard InChI is InChI=1S/C24H22N4O2S/c1-2-29-22-11-7-6-10-21(22)23-26-27-24(31)28(23)25-16-18-12-14-20(15-13-18)30-17-19-8-4-3-5-9-19/h3-16H,2,17H2,1H3,(H,27,31)/b25-16-. The number of hydrogen-bond acceptors (Lipinski definition) is 5. The van der Waals surface area contributed by atoms with E-state index >= 15 is 0 Å². The van der Waals surface area contributed by atoms with Gasteiger partial charge in [-0.15, -0.1) is 0 Å². The van der Waals surface area contributed by atoms with E-state index in [0.29, 0.717) is 23.8 Å². The van der Waals surface area contributed by atoms with Gasteiger partial charge < -0.3 is 9.47 Å². The lowest BCUT2D eigenvalue weighted by molar-refractivity contribution is 0.306. The van der Waals surface area contributed by atoms with Gasteiger partial charge in [-0.25, -0.2) is 5.10 Å². The van der Waals surface area contributed by atoms with Crippen LogP contribution in [0.5, 0.6) is 11.5 Å². The third-order valence-corrected chi connectivity index (χ3v) is 4.79. The van der Waals surface area contributed by atoms with Crippen LogP contribution < -0.4 is 9.47 Å². The molecule has 0 amide bonds. The Morgan fingerprint density at radius 1 is 0.968 bits per heavy atom. The average Bonchev–Trinajstić information content (AvgIpc) is 3.18. The van der Waals surface area contributed by atoms with E-state index in [1.54, 1.807) is 10.9 Å². The van der Waals surface area contributed by atoms with E-state index in [1.807, 2.05) is 85.8 Å². The molecule has 1 aromatic heterocycles. The summed E-state index contributed by atoms with van der Waals surface area (Å²) in [7, 11) is 0. The maximum absolute atomic E-state index is 5.83. The lowest BCUT2D eigenvalue weighted by Gasteiger charge is -2.09. The van der Waals surface area contributed by atoms with Crippen molar-refractivity contribution in [3.8, 4) is 22.9 Å². The fourth-order valence-electron chi connectivity index (χ4n) is 3.02. The number of nitrogens with one attached hydrogen (secondary N) is 1. The van der Waals surface area contributed by atoms with Crippen LogP contribution in [0.2, 0.25) is 0 Å². The molecule has 1 heterocycles. The first-order valence-corrected chi connectivity index (χ1v) is 10.4. The molecule has 1 N–H and O–H groups in total. The molecule has 0 spiro atoms. The molecule has 0 aliphatic carbocycles. The summed E-state index contributed by atoms with van der Waals surface area (Å²) in [6.45, 7) is 3.03.